The molecule has 1 unspecified atom stereocenters. The van der Waals surface area contributed by atoms with Crippen molar-refractivity contribution < 1.29 is 0 Å². The topological polar surface area (TPSA) is 12.0 Å². The largest absolute Gasteiger partial charge is 0.310 e. The highest BCUT2D eigenvalue weighted by Crippen LogP contribution is 2.24. The summed E-state index contributed by atoms with van der Waals surface area (Å²) >= 11 is 6.11. The number of rotatable bonds is 6. The Labute approximate surface area is 127 Å². The minimum atomic E-state index is 0.385. The van der Waals surface area contributed by atoms with Gasteiger partial charge >= 0.3 is 0 Å². The Kier molecular flexibility index (Phi) is 5.63. The van der Waals surface area contributed by atoms with Crippen LogP contribution in [0.4, 0.5) is 0 Å². The van der Waals surface area contributed by atoms with Crippen molar-refractivity contribution in [3.05, 3.63) is 70.2 Å². The highest BCUT2D eigenvalue weighted by molar-refractivity contribution is 6.31. The maximum absolute atomic E-state index is 6.11. The third-order valence-corrected chi connectivity index (χ3v) is 4.02. The molecular formula is C18H22ClN. The van der Waals surface area contributed by atoms with E-state index >= 15 is 0 Å². The Morgan fingerprint density at radius 1 is 1.10 bits per heavy atom. The number of hydrogen-bond acceptors (Lipinski definition) is 1. The van der Waals surface area contributed by atoms with Crippen molar-refractivity contribution in [2.24, 2.45) is 0 Å². The summed E-state index contributed by atoms with van der Waals surface area (Å²) in [4.78, 5) is 0. The Morgan fingerprint density at radius 3 is 2.50 bits per heavy atom. The standard InChI is InChI=1S/C18H22ClN/c1-3-20-18(12-9-15-7-5-4-6-8-15)16-10-11-17(19)14(2)13-16/h4-8,10-11,13,18,20H,3,9,12H2,1-2H3. The molecule has 0 aromatic heterocycles. The summed E-state index contributed by atoms with van der Waals surface area (Å²) < 4.78 is 0. The lowest BCUT2D eigenvalue weighted by atomic mass is 9.97. The average molecular weight is 288 g/mol. The number of halogens is 1. The fourth-order valence-electron chi connectivity index (χ4n) is 2.47. The van der Waals surface area contributed by atoms with Gasteiger partial charge in [-0.1, -0.05) is 61.0 Å². The van der Waals surface area contributed by atoms with E-state index in [2.05, 4.69) is 61.6 Å². The predicted octanol–water partition coefficient (Wildman–Crippen LogP) is 4.93. The van der Waals surface area contributed by atoms with Crippen molar-refractivity contribution in [3.8, 4) is 0 Å². The molecule has 2 aromatic rings. The van der Waals surface area contributed by atoms with Crippen LogP contribution in [0.2, 0.25) is 5.02 Å². The van der Waals surface area contributed by atoms with Gasteiger partial charge in [0.1, 0.15) is 0 Å². The fourth-order valence-corrected chi connectivity index (χ4v) is 2.59. The number of hydrogen-bond donors (Lipinski definition) is 1. The zero-order chi connectivity index (χ0) is 14.4. The first-order chi connectivity index (χ1) is 9.70. The van der Waals surface area contributed by atoms with Gasteiger partial charge in [-0.25, -0.2) is 0 Å². The van der Waals surface area contributed by atoms with Crippen LogP contribution < -0.4 is 5.32 Å². The van der Waals surface area contributed by atoms with Crippen LogP contribution in [0.5, 0.6) is 0 Å². The van der Waals surface area contributed by atoms with E-state index < -0.39 is 0 Å². The van der Waals surface area contributed by atoms with E-state index in [1.165, 1.54) is 11.1 Å². The van der Waals surface area contributed by atoms with Gasteiger partial charge in [0.15, 0.2) is 0 Å². The second-order valence-corrected chi connectivity index (χ2v) is 5.55. The smallest absolute Gasteiger partial charge is 0.0435 e. The maximum atomic E-state index is 6.11. The molecule has 1 nitrogen and oxygen atoms in total. The first-order valence-corrected chi connectivity index (χ1v) is 7.62. The summed E-state index contributed by atoms with van der Waals surface area (Å²) in [6.45, 7) is 5.19. The molecular weight excluding hydrogens is 266 g/mol. The molecule has 0 aliphatic rings. The minimum absolute atomic E-state index is 0.385. The van der Waals surface area contributed by atoms with Crippen molar-refractivity contribution in [1.82, 2.24) is 5.32 Å². The highest BCUT2D eigenvalue weighted by Gasteiger charge is 2.11. The van der Waals surface area contributed by atoms with Gasteiger partial charge in [0.25, 0.3) is 0 Å². The van der Waals surface area contributed by atoms with E-state index in [-0.39, 0.29) is 0 Å². The summed E-state index contributed by atoms with van der Waals surface area (Å²) in [7, 11) is 0. The Hall–Kier alpha value is -1.31. The zero-order valence-electron chi connectivity index (χ0n) is 12.2. The van der Waals surface area contributed by atoms with E-state index in [0.717, 1.165) is 30.0 Å². The third-order valence-electron chi connectivity index (χ3n) is 3.60. The fraction of sp³-hybridized carbons (Fsp3) is 0.333. The van der Waals surface area contributed by atoms with Crippen LogP contribution in [0.15, 0.2) is 48.5 Å². The molecule has 0 spiro atoms. The summed E-state index contributed by atoms with van der Waals surface area (Å²) in [5.41, 5.74) is 3.86. The van der Waals surface area contributed by atoms with Gasteiger partial charge in [-0.15, -0.1) is 0 Å². The van der Waals surface area contributed by atoms with Crippen LogP contribution in [0, 0.1) is 6.92 Å². The number of nitrogens with one attached hydrogen (secondary N) is 1. The van der Waals surface area contributed by atoms with Crippen LogP contribution in [0.25, 0.3) is 0 Å². The Bertz CT molecular complexity index is 536. The predicted molar refractivity (Wildman–Crippen MR) is 87.4 cm³/mol. The lowest BCUT2D eigenvalue weighted by Gasteiger charge is -2.19. The molecule has 0 radical (unpaired) electrons. The molecule has 1 N–H and O–H groups in total. The molecule has 0 amide bonds. The van der Waals surface area contributed by atoms with Gasteiger partial charge in [0.2, 0.25) is 0 Å². The molecule has 20 heavy (non-hydrogen) atoms. The van der Waals surface area contributed by atoms with Gasteiger partial charge in [-0.2, -0.15) is 0 Å². The molecule has 106 valence electrons. The molecule has 0 aliphatic carbocycles. The molecule has 0 saturated carbocycles. The molecule has 2 aromatic carbocycles. The van der Waals surface area contributed by atoms with E-state index in [1.807, 2.05) is 6.07 Å². The van der Waals surface area contributed by atoms with Gasteiger partial charge < -0.3 is 5.32 Å². The molecule has 2 rings (SSSR count). The summed E-state index contributed by atoms with van der Waals surface area (Å²) in [6, 6.07) is 17.4. The molecule has 0 fully saturated rings. The first-order valence-electron chi connectivity index (χ1n) is 7.24. The number of benzene rings is 2. The van der Waals surface area contributed by atoms with Gasteiger partial charge in [0, 0.05) is 11.1 Å². The van der Waals surface area contributed by atoms with Gasteiger partial charge in [-0.05, 0) is 49.1 Å². The van der Waals surface area contributed by atoms with E-state index in [4.69, 9.17) is 11.6 Å². The second-order valence-electron chi connectivity index (χ2n) is 5.14. The Balaban J connectivity index is 2.08. The molecule has 0 saturated heterocycles. The third kappa shape index (κ3) is 4.09. The van der Waals surface area contributed by atoms with Crippen LogP contribution in [0.1, 0.15) is 36.1 Å². The molecule has 0 bridgehead atoms. The van der Waals surface area contributed by atoms with Crippen LogP contribution in [0.3, 0.4) is 0 Å². The average Bonchev–Trinajstić information content (AvgIpc) is 2.47. The van der Waals surface area contributed by atoms with E-state index in [9.17, 15) is 0 Å². The second kappa shape index (κ2) is 7.47. The molecule has 0 heterocycles. The number of aryl methyl sites for hydroxylation is 2. The normalized spacial score (nSPS) is 12.3. The molecule has 1 atom stereocenters. The first kappa shape index (κ1) is 15.1. The molecule has 0 aliphatic heterocycles. The zero-order valence-corrected chi connectivity index (χ0v) is 13.0. The van der Waals surface area contributed by atoms with Gasteiger partial charge in [0.05, 0.1) is 0 Å². The van der Waals surface area contributed by atoms with Crippen molar-refractivity contribution in [2.45, 2.75) is 32.7 Å². The summed E-state index contributed by atoms with van der Waals surface area (Å²) in [6.07, 6.45) is 2.18. The lowest BCUT2D eigenvalue weighted by molar-refractivity contribution is 0.515. The van der Waals surface area contributed by atoms with Crippen molar-refractivity contribution >= 4 is 11.6 Å². The SMILES string of the molecule is CCNC(CCc1ccccc1)c1ccc(Cl)c(C)c1. The maximum Gasteiger partial charge on any atom is 0.0435 e. The minimum Gasteiger partial charge on any atom is -0.310 e. The van der Waals surface area contributed by atoms with E-state index in [1.54, 1.807) is 0 Å². The molecule has 2 heteroatoms. The summed E-state index contributed by atoms with van der Waals surface area (Å²) in [5, 5.41) is 4.41. The van der Waals surface area contributed by atoms with Crippen LogP contribution in [-0.2, 0) is 6.42 Å². The lowest BCUT2D eigenvalue weighted by Crippen LogP contribution is -2.21. The van der Waals surface area contributed by atoms with E-state index in [0.29, 0.717) is 6.04 Å². The van der Waals surface area contributed by atoms with Crippen LogP contribution in [-0.4, -0.2) is 6.54 Å². The summed E-state index contributed by atoms with van der Waals surface area (Å²) in [5.74, 6) is 0. The monoisotopic (exact) mass is 287 g/mol. The van der Waals surface area contributed by atoms with Crippen molar-refractivity contribution in [3.63, 3.8) is 0 Å². The van der Waals surface area contributed by atoms with Gasteiger partial charge in [-0.3, -0.25) is 0 Å². The highest BCUT2D eigenvalue weighted by atomic mass is 35.5. The van der Waals surface area contributed by atoms with Crippen molar-refractivity contribution in [1.29, 1.82) is 0 Å². The quantitative estimate of drug-likeness (QED) is 0.794. The van der Waals surface area contributed by atoms with Crippen molar-refractivity contribution in [2.75, 3.05) is 6.54 Å². The van der Waals surface area contributed by atoms with Crippen LogP contribution >= 0.6 is 11.6 Å². The Morgan fingerprint density at radius 2 is 1.85 bits per heavy atom.